The van der Waals surface area contributed by atoms with Crippen LogP contribution >= 0.6 is 11.6 Å². The first-order valence-corrected chi connectivity index (χ1v) is 5.85. The molecule has 0 saturated carbocycles. The summed E-state index contributed by atoms with van der Waals surface area (Å²) in [6.07, 6.45) is 3.57. The highest BCUT2D eigenvalue weighted by molar-refractivity contribution is 6.17. The second-order valence-electron chi connectivity index (χ2n) is 3.76. The monoisotopic (exact) mass is 243 g/mol. The Kier molecular flexibility index (Phi) is 2.53. The van der Waals surface area contributed by atoms with Crippen molar-refractivity contribution in [2.45, 2.75) is 5.88 Å². The predicted octanol–water partition coefficient (Wildman–Crippen LogP) is 3.16. The highest BCUT2D eigenvalue weighted by Gasteiger charge is 2.04. The fraction of sp³-hybridized carbons (Fsp3) is 0.0769. The van der Waals surface area contributed by atoms with E-state index in [1.165, 1.54) is 0 Å². The van der Waals surface area contributed by atoms with E-state index in [1.807, 2.05) is 41.0 Å². The molecule has 2 heterocycles. The third-order valence-corrected chi connectivity index (χ3v) is 2.97. The van der Waals surface area contributed by atoms with Crippen LogP contribution in [0.15, 0.2) is 48.9 Å². The quantitative estimate of drug-likeness (QED) is 0.648. The minimum Gasteiger partial charge on any atom is -0.283 e. The van der Waals surface area contributed by atoms with Crippen LogP contribution in [-0.2, 0) is 5.88 Å². The van der Waals surface area contributed by atoms with Gasteiger partial charge in [-0.25, -0.2) is 9.97 Å². The number of hydrogen-bond donors (Lipinski definition) is 0. The lowest BCUT2D eigenvalue weighted by Gasteiger charge is -2.03. The van der Waals surface area contributed by atoms with Gasteiger partial charge in [0.05, 0.1) is 11.0 Å². The van der Waals surface area contributed by atoms with E-state index in [2.05, 4.69) is 9.97 Å². The maximum Gasteiger partial charge on any atom is 0.138 e. The smallest absolute Gasteiger partial charge is 0.138 e. The van der Waals surface area contributed by atoms with Crippen LogP contribution in [0.1, 0.15) is 5.56 Å². The summed E-state index contributed by atoms with van der Waals surface area (Å²) in [4.78, 5) is 8.72. The van der Waals surface area contributed by atoms with Gasteiger partial charge < -0.3 is 0 Å². The number of imidazole rings is 1. The van der Waals surface area contributed by atoms with E-state index in [9.17, 15) is 0 Å². The zero-order valence-electron chi connectivity index (χ0n) is 9.05. The summed E-state index contributed by atoms with van der Waals surface area (Å²) < 4.78 is 1.97. The van der Waals surface area contributed by atoms with Crippen LogP contribution in [0.25, 0.3) is 16.9 Å². The van der Waals surface area contributed by atoms with Crippen LogP contribution < -0.4 is 0 Å². The van der Waals surface area contributed by atoms with Gasteiger partial charge >= 0.3 is 0 Å². The van der Waals surface area contributed by atoms with E-state index >= 15 is 0 Å². The van der Waals surface area contributed by atoms with Crippen molar-refractivity contribution in [3.05, 3.63) is 54.5 Å². The zero-order chi connectivity index (χ0) is 11.7. The molecule has 0 unspecified atom stereocenters. The number of benzene rings is 1. The fourth-order valence-electron chi connectivity index (χ4n) is 1.78. The average molecular weight is 244 g/mol. The van der Waals surface area contributed by atoms with Crippen molar-refractivity contribution in [1.29, 1.82) is 0 Å². The number of para-hydroxylation sites is 2. The largest absolute Gasteiger partial charge is 0.283 e. The van der Waals surface area contributed by atoms with Gasteiger partial charge in [-0.3, -0.25) is 4.57 Å². The Morgan fingerprint density at radius 1 is 1.06 bits per heavy atom. The van der Waals surface area contributed by atoms with E-state index < -0.39 is 0 Å². The van der Waals surface area contributed by atoms with Crippen molar-refractivity contribution in [2.24, 2.45) is 0 Å². The maximum absolute atomic E-state index is 5.74. The van der Waals surface area contributed by atoms with Crippen LogP contribution in [0, 0.1) is 0 Å². The van der Waals surface area contributed by atoms with Gasteiger partial charge in [-0.2, -0.15) is 0 Å². The standard InChI is InChI=1S/C13H10ClN3/c14-7-10-5-6-13(15-8-10)17-9-16-11-3-1-2-4-12(11)17/h1-6,8-9H,7H2. The fourth-order valence-corrected chi connectivity index (χ4v) is 1.94. The number of hydrogen-bond acceptors (Lipinski definition) is 2. The molecule has 0 aliphatic carbocycles. The molecule has 0 aliphatic rings. The molecule has 0 N–H and O–H groups in total. The molecule has 2 aromatic heterocycles. The second kappa shape index (κ2) is 4.18. The molecule has 0 amide bonds. The summed E-state index contributed by atoms with van der Waals surface area (Å²) in [5, 5.41) is 0. The molecule has 3 rings (SSSR count). The van der Waals surface area contributed by atoms with Crippen molar-refractivity contribution in [2.75, 3.05) is 0 Å². The Labute approximate surface area is 104 Å². The Hall–Kier alpha value is -1.87. The van der Waals surface area contributed by atoms with Gasteiger partial charge in [-0.05, 0) is 23.8 Å². The van der Waals surface area contributed by atoms with Gasteiger partial charge in [0.15, 0.2) is 0 Å². The van der Waals surface area contributed by atoms with Crippen LogP contribution in [0.5, 0.6) is 0 Å². The number of nitrogens with zero attached hydrogens (tertiary/aromatic N) is 3. The highest BCUT2D eigenvalue weighted by Crippen LogP contribution is 2.16. The van der Waals surface area contributed by atoms with Crippen molar-refractivity contribution in [3.63, 3.8) is 0 Å². The van der Waals surface area contributed by atoms with Crippen molar-refractivity contribution in [1.82, 2.24) is 14.5 Å². The average Bonchev–Trinajstić information content (AvgIpc) is 2.83. The third-order valence-electron chi connectivity index (χ3n) is 2.66. The van der Waals surface area contributed by atoms with Crippen LogP contribution in [-0.4, -0.2) is 14.5 Å². The topological polar surface area (TPSA) is 30.7 Å². The Balaban J connectivity index is 2.13. The van der Waals surface area contributed by atoms with Gasteiger partial charge in [0.2, 0.25) is 0 Å². The number of alkyl halides is 1. The highest BCUT2D eigenvalue weighted by atomic mass is 35.5. The van der Waals surface area contributed by atoms with Crippen molar-refractivity contribution < 1.29 is 0 Å². The first-order valence-electron chi connectivity index (χ1n) is 5.32. The number of aromatic nitrogens is 3. The molecule has 0 bridgehead atoms. The zero-order valence-corrected chi connectivity index (χ0v) is 9.80. The summed E-state index contributed by atoms with van der Waals surface area (Å²) in [5.41, 5.74) is 3.04. The SMILES string of the molecule is ClCc1ccc(-n2cnc3ccccc32)nc1. The van der Waals surface area contributed by atoms with Gasteiger partial charge in [0.1, 0.15) is 12.1 Å². The molecule has 84 valence electrons. The van der Waals surface area contributed by atoms with Crippen LogP contribution in [0.3, 0.4) is 0 Å². The Morgan fingerprint density at radius 2 is 1.94 bits per heavy atom. The first kappa shape index (κ1) is 10.3. The van der Waals surface area contributed by atoms with Crippen LogP contribution in [0.4, 0.5) is 0 Å². The second-order valence-corrected chi connectivity index (χ2v) is 4.03. The molecule has 17 heavy (non-hydrogen) atoms. The lowest BCUT2D eigenvalue weighted by atomic mass is 10.3. The Morgan fingerprint density at radius 3 is 2.71 bits per heavy atom. The summed E-state index contributed by atoms with van der Waals surface area (Å²) >= 11 is 5.74. The summed E-state index contributed by atoms with van der Waals surface area (Å²) in [6.45, 7) is 0. The minimum atomic E-state index is 0.484. The summed E-state index contributed by atoms with van der Waals surface area (Å²) in [6, 6.07) is 11.9. The summed E-state index contributed by atoms with van der Waals surface area (Å²) in [5.74, 6) is 1.34. The third kappa shape index (κ3) is 1.78. The van der Waals surface area contributed by atoms with Crippen molar-refractivity contribution >= 4 is 22.6 Å². The van der Waals surface area contributed by atoms with Gasteiger partial charge in [0, 0.05) is 12.1 Å². The Bertz CT molecular complexity index is 643. The molecule has 3 aromatic rings. The molecule has 4 heteroatoms. The number of fused-ring (bicyclic) bond motifs is 1. The first-order chi connectivity index (χ1) is 8.38. The number of rotatable bonds is 2. The molecule has 0 radical (unpaired) electrons. The normalized spacial score (nSPS) is 10.9. The van der Waals surface area contributed by atoms with Gasteiger partial charge in [-0.1, -0.05) is 18.2 Å². The molecule has 0 atom stereocenters. The molecule has 0 fully saturated rings. The molecule has 0 spiro atoms. The van der Waals surface area contributed by atoms with Gasteiger partial charge in [0.25, 0.3) is 0 Å². The van der Waals surface area contributed by atoms with Crippen molar-refractivity contribution in [3.8, 4) is 5.82 Å². The summed E-state index contributed by atoms with van der Waals surface area (Å²) in [7, 11) is 0. The van der Waals surface area contributed by atoms with E-state index in [1.54, 1.807) is 12.5 Å². The van der Waals surface area contributed by atoms with Crippen LogP contribution in [0.2, 0.25) is 0 Å². The lowest BCUT2D eigenvalue weighted by Crippen LogP contribution is -1.95. The van der Waals surface area contributed by atoms with E-state index in [0.717, 1.165) is 22.4 Å². The molecular weight excluding hydrogens is 234 g/mol. The van der Waals surface area contributed by atoms with Gasteiger partial charge in [-0.15, -0.1) is 11.6 Å². The predicted molar refractivity (Wildman–Crippen MR) is 68.4 cm³/mol. The maximum atomic E-state index is 5.74. The lowest BCUT2D eigenvalue weighted by molar-refractivity contribution is 1.01. The molecular formula is C13H10ClN3. The minimum absolute atomic E-state index is 0.484. The molecule has 1 aromatic carbocycles. The van der Waals surface area contributed by atoms with E-state index in [4.69, 9.17) is 11.6 Å². The van der Waals surface area contributed by atoms with E-state index in [0.29, 0.717) is 5.88 Å². The molecule has 0 saturated heterocycles. The molecule has 0 aliphatic heterocycles. The van der Waals surface area contributed by atoms with E-state index in [-0.39, 0.29) is 0 Å². The molecule has 3 nitrogen and oxygen atoms in total. The number of pyridine rings is 1. The number of halogens is 1.